The topological polar surface area (TPSA) is 35.9 Å². The number of likely N-dealkylation sites (tertiary alicyclic amines) is 2. The fourth-order valence-electron chi connectivity index (χ4n) is 6.34. The number of aliphatic hydroxyl groups is 1. The van der Waals surface area contributed by atoms with Crippen LogP contribution in [0.1, 0.15) is 55.6 Å². The fourth-order valence-corrected chi connectivity index (χ4v) is 6.34. The first-order valence-corrected chi connectivity index (χ1v) is 11.8. The number of hydrogen-bond acceptors (Lipinski definition) is 4. The quantitative estimate of drug-likeness (QED) is 0.800. The molecule has 5 rings (SSSR count). The monoisotopic (exact) mass is 396 g/mol. The van der Waals surface area contributed by atoms with Gasteiger partial charge in [-0.2, -0.15) is 0 Å². The van der Waals surface area contributed by atoms with Crippen molar-refractivity contribution >= 4 is 0 Å². The molecule has 4 aliphatic rings. The molecule has 4 fully saturated rings. The summed E-state index contributed by atoms with van der Waals surface area (Å²) in [4.78, 5) is 5.06. The second kappa shape index (κ2) is 9.05. The van der Waals surface area contributed by atoms with Crippen LogP contribution in [0.5, 0.6) is 0 Å². The number of rotatable bonds is 6. The molecule has 29 heavy (non-hydrogen) atoms. The van der Waals surface area contributed by atoms with E-state index in [2.05, 4.69) is 40.5 Å². The molecule has 3 heterocycles. The molecule has 5 atom stereocenters. The van der Waals surface area contributed by atoms with Gasteiger partial charge in [0.15, 0.2) is 0 Å². The third-order valence-electron chi connectivity index (χ3n) is 8.01. The van der Waals surface area contributed by atoms with Crippen LogP contribution in [-0.4, -0.2) is 66.6 Å². The van der Waals surface area contributed by atoms with Gasteiger partial charge >= 0.3 is 0 Å². The Morgan fingerprint density at radius 3 is 2.79 bits per heavy atom. The molecule has 3 saturated heterocycles. The number of aliphatic hydroxyl groups excluding tert-OH is 1. The van der Waals surface area contributed by atoms with Crippen molar-refractivity contribution in [1.29, 1.82) is 0 Å². The van der Waals surface area contributed by atoms with Gasteiger partial charge in [-0.25, -0.2) is 0 Å². The Morgan fingerprint density at radius 2 is 2.00 bits per heavy atom. The van der Waals surface area contributed by atoms with Gasteiger partial charge in [0, 0.05) is 32.3 Å². The van der Waals surface area contributed by atoms with Crippen LogP contribution in [0.15, 0.2) is 24.3 Å². The van der Waals surface area contributed by atoms with Crippen LogP contribution in [0.3, 0.4) is 0 Å². The minimum atomic E-state index is 0.283. The molecule has 1 N–H and O–H groups in total. The molecule has 1 aromatic carbocycles. The van der Waals surface area contributed by atoms with Gasteiger partial charge in [-0.3, -0.25) is 9.80 Å². The molecule has 0 amide bonds. The minimum Gasteiger partial charge on any atom is -0.395 e. The van der Waals surface area contributed by atoms with Crippen LogP contribution in [-0.2, 0) is 11.2 Å². The molecule has 1 aliphatic carbocycles. The first-order valence-electron chi connectivity index (χ1n) is 11.8. The Bertz CT molecular complexity index is 657. The first kappa shape index (κ1) is 20.0. The lowest BCUT2D eigenvalue weighted by atomic mass is 9.86. The molecule has 3 aliphatic heterocycles. The highest BCUT2D eigenvalue weighted by Gasteiger charge is 2.45. The third kappa shape index (κ3) is 4.27. The lowest BCUT2D eigenvalue weighted by Crippen LogP contribution is -2.38. The Hall–Kier alpha value is -0.940. The van der Waals surface area contributed by atoms with E-state index in [1.165, 1.54) is 37.9 Å². The molecule has 158 valence electrons. The summed E-state index contributed by atoms with van der Waals surface area (Å²) in [6.45, 7) is 5.78. The first-order chi connectivity index (χ1) is 14.3. The summed E-state index contributed by atoms with van der Waals surface area (Å²) in [5.74, 6) is 2.35. The lowest BCUT2D eigenvalue weighted by Gasteiger charge is -2.31. The molecular weight excluding hydrogens is 360 g/mol. The van der Waals surface area contributed by atoms with Gasteiger partial charge in [0.2, 0.25) is 0 Å². The summed E-state index contributed by atoms with van der Waals surface area (Å²) < 4.78 is 6.01. The van der Waals surface area contributed by atoms with Crippen molar-refractivity contribution in [3.05, 3.63) is 41.8 Å². The van der Waals surface area contributed by atoms with E-state index in [-0.39, 0.29) is 6.23 Å². The number of ether oxygens (including phenoxy) is 1. The lowest BCUT2D eigenvalue weighted by molar-refractivity contribution is -0.0664. The highest BCUT2D eigenvalue weighted by Crippen LogP contribution is 2.48. The van der Waals surface area contributed by atoms with E-state index in [0.717, 1.165) is 57.2 Å². The van der Waals surface area contributed by atoms with Gasteiger partial charge in [-0.15, -0.1) is 0 Å². The molecule has 4 nitrogen and oxygen atoms in total. The maximum atomic E-state index is 9.51. The Balaban J connectivity index is 1.17. The largest absolute Gasteiger partial charge is 0.395 e. The molecule has 2 radical (unpaired) electrons. The van der Waals surface area contributed by atoms with Crippen molar-refractivity contribution in [2.45, 2.75) is 63.1 Å². The van der Waals surface area contributed by atoms with Crippen LogP contribution < -0.4 is 0 Å². The highest BCUT2D eigenvalue weighted by atomic mass is 16.5. The van der Waals surface area contributed by atoms with Crippen molar-refractivity contribution < 1.29 is 9.84 Å². The van der Waals surface area contributed by atoms with E-state index in [1.807, 2.05) is 0 Å². The summed E-state index contributed by atoms with van der Waals surface area (Å²) in [7, 11) is 0. The molecule has 1 unspecified atom stereocenters. The van der Waals surface area contributed by atoms with Crippen LogP contribution in [0.25, 0.3) is 0 Å². The van der Waals surface area contributed by atoms with E-state index in [4.69, 9.17) is 4.74 Å². The predicted molar refractivity (Wildman–Crippen MR) is 115 cm³/mol. The summed E-state index contributed by atoms with van der Waals surface area (Å²) in [6, 6.07) is 9.90. The van der Waals surface area contributed by atoms with E-state index >= 15 is 0 Å². The Labute approximate surface area is 176 Å². The molecule has 1 aromatic rings. The van der Waals surface area contributed by atoms with Crippen LogP contribution in [0, 0.1) is 18.3 Å². The van der Waals surface area contributed by atoms with Crippen LogP contribution in [0.4, 0.5) is 0 Å². The fraction of sp³-hybridized carbons (Fsp3) is 0.720. The number of benzene rings is 1. The normalized spacial score (nSPS) is 36.0. The van der Waals surface area contributed by atoms with Gasteiger partial charge in [-0.05, 0) is 86.8 Å². The van der Waals surface area contributed by atoms with Crippen molar-refractivity contribution in [3.8, 4) is 0 Å². The maximum absolute atomic E-state index is 9.51. The highest BCUT2D eigenvalue weighted by molar-refractivity contribution is 5.28. The van der Waals surface area contributed by atoms with E-state index in [1.54, 1.807) is 5.56 Å². The second-order valence-electron chi connectivity index (χ2n) is 9.60. The summed E-state index contributed by atoms with van der Waals surface area (Å²) in [5, 5.41) is 9.51. The Morgan fingerprint density at radius 1 is 1.10 bits per heavy atom. The van der Waals surface area contributed by atoms with Gasteiger partial charge in [0.25, 0.3) is 0 Å². The van der Waals surface area contributed by atoms with Crippen molar-refractivity contribution in [3.63, 3.8) is 0 Å². The van der Waals surface area contributed by atoms with Gasteiger partial charge < -0.3 is 9.84 Å². The SMILES string of the molecule is OC[C@@H]1CCCN1CCc1ccc([C@@H]2CC[C@@H]3CN(C4C[C]CCO4)C[C@@H]32)cc1. The standard InChI is InChI=1S/C25H36N2O2/c28-18-22-4-3-13-26(22)14-12-19-6-8-20(9-7-19)23-11-10-21-16-27(17-24(21)23)25-5-1-2-15-29-25/h6-9,21-25,28H,2-5,10-18H2/t21-,22+,23+,24+,25?/m1/s1. The second-order valence-corrected chi connectivity index (χ2v) is 9.60. The average molecular weight is 397 g/mol. The zero-order valence-corrected chi connectivity index (χ0v) is 17.6. The third-order valence-corrected chi connectivity index (χ3v) is 8.01. The van der Waals surface area contributed by atoms with Crippen molar-refractivity contribution in [1.82, 2.24) is 9.80 Å². The maximum Gasteiger partial charge on any atom is 0.111 e. The van der Waals surface area contributed by atoms with E-state index in [9.17, 15) is 5.11 Å². The summed E-state index contributed by atoms with van der Waals surface area (Å²) >= 11 is 0. The van der Waals surface area contributed by atoms with Crippen LogP contribution >= 0.6 is 0 Å². The molecule has 0 spiro atoms. The van der Waals surface area contributed by atoms with Crippen molar-refractivity contribution in [2.24, 2.45) is 11.8 Å². The van der Waals surface area contributed by atoms with Crippen LogP contribution in [0.2, 0.25) is 0 Å². The number of fused-ring (bicyclic) bond motifs is 1. The van der Waals surface area contributed by atoms with Gasteiger partial charge in [0.1, 0.15) is 6.23 Å². The smallest absolute Gasteiger partial charge is 0.111 e. The zero-order chi connectivity index (χ0) is 19.6. The molecule has 1 saturated carbocycles. The zero-order valence-electron chi connectivity index (χ0n) is 17.6. The molecule has 4 heteroatoms. The molecular formula is C25H36N2O2. The van der Waals surface area contributed by atoms with Gasteiger partial charge in [-0.1, -0.05) is 24.3 Å². The van der Waals surface area contributed by atoms with E-state index in [0.29, 0.717) is 18.6 Å². The van der Waals surface area contributed by atoms with Gasteiger partial charge in [0.05, 0.1) is 6.61 Å². The molecule has 0 aromatic heterocycles. The van der Waals surface area contributed by atoms with Crippen molar-refractivity contribution in [2.75, 3.05) is 39.4 Å². The molecule has 0 bridgehead atoms. The number of hydrogen-bond donors (Lipinski definition) is 1. The summed E-state index contributed by atoms with van der Waals surface area (Å²) in [6.07, 6.45) is 11.9. The summed E-state index contributed by atoms with van der Waals surface area (Å²) in [5.41, 5.74) is 2.97. The average Bonchev–Trinajstić information content (AvgIpc) is 3.49. The predicted octanol–water partition coefficient (Wildman–Crippen LogP) is 3.33. The minimum absolute atomic E-state index is 0.283. The number of nitrogens with zero attached hydrogens (tertiary/aromatic N) is 2. The van der Waals surface area contributed by atoms with E-state index < -0.39 is 0 Å². The Kier molecular flexibility index (Phi) is 6.24.